The molecule has 396 valence electrons. The van der Waals surface area contributed by atoms with Crippen LogP contribution in [-0.4, -0.2) is 9.55 Å². The van der Waals surface area contributed by atoms with E-state index >= 15 is 0 Å². The van der Waals surface area contributed by atoms with Crippen LogP contribution in [0, 0.1) is 25.7 Å². The molecular formula is C73H65N4OPt-3. The SMILES string of the molecule is [2H]C([2H])([2H])c1ccnc(-n2c3[c-]c(Oc4[c-]c(N5[CH-]N(c6c(-c7ccc(-c8ccc(C(C)(C)C)cc8)cc7)cc(C(C)(C)C)cc6-c6cccc(C(C)(C)C)c6)c6ccccc65)cc(-c5ccccc5)c4)ccc3c3ccccc32)c1.[Pt]. The number of hydrogen-bond donors (Lipinski definition) is 0. The van der Waals surface area contributed by atoms with Gasteiger partial charge < -0.3 is 19.1 Å². The van der Waals surface area contributed by atoms with Crippen molar-refractivity contribution in [2.75, 3.05) is 9.80 Å². The number of para-hydroxylation sites is 3. The van der Waals surface area contributed by atoms with Crippen molar-refractivity contribution in [2.45, 2.75) is 85.4 Å². The maximum Gasteiger partial charge on any atom is 0.135 e. The van der Waals surface area contributed by atoms with Crippen molar-refractivity contribution in [1.29, 1.82) is 0 Å². The zero-order valence-electron chi connectivity index (χ0n) is 49.2. The summed E-state index contributed by atoms with van der Waals surface area (Å²) in [6.45, 7) is 20.4. The van der Waals surface area contributed by atoms with E-state index in [2.05, 4.69) is 241 Å². The summed E-state index contributed by atoms with van der Waals surface area (Å²) in [6.07, 6.45) is 1.55. The maximum atomic E-state index is 8.18. The first-order valence-electron chi connectivity index (χ1n) is 28.4. The number of ether oxygens (including phenoxy) is 1. The first-order valence-corrected chi connectivity index (χ1v) is 26.9. The van der Waals surface area contributed by atoms with Gasteiger partial charge in [0.1, 0.15) is 5.82 Å². The number of rotatable bonds is 9. The Bertz CT molecular complexity index is 4160. The molecule has 9 aromatic carbocycles. The van der Waals surface area contributed by atoms with Gasteiger partial charge in [-0.05, 0) is 121 Å². The van der Waals surface area contributed by atoms with Gasteiger partial charge in [-0.15, -0.1) is 53.6 Å². The number of aryl methyl sites for hydroxylation is 1. The first kappa shape index (κ1) is 49.3. The van der Waals surface area contributed by atoms with E-state index in [1.54, 1.807) is 18.3 Å². The molecule has 79 heavy (non-hydrogen) atoms. The summed E-state index contributed by atoms with van der Waals surface area (Å²) in [5, 5.41) is 1.93. The summed E-state index contributed by atoms with van der Waals surface area (Å²) >= 11 is 0. The molecule has 11 aromatic rings. The molecule has 6 heteroatoms. The van der Waals surface area contributed by atoms with Crippen LogP contribution in [0.25, 0.3) is 72.1 Å². The maximum absolute atomic E-state index is 8.18. The Morgan fingerprint density at radius 2 is 1.08 bits per heavy atom. The number of fused-ring (bicyclic) bond motifs is 4. The van der Waals surface area contributed by atoms with Crippen LogP contribution < -0.4 is 14.5 Å². The molecule has 0 amide bonds. The minimum atomic E-state index is -2.30. The molecule has 0 bridgehead atoms. The molecule has 1 aliphatic rings. The Balaban J connectivity index is 0.00000705. The van der Waals surface area contributed by atoms with Crippen LogP contribution in [0.15, 0.2) is 206 Å². The van der Waals surface area contributed by atoms with Gasteiger partial charge in [-0.1, -0.05) is 201 Å². The Kier molecular flexibility index (Phi) is 12.9. The summed E-state index contributed by atoms with van der Waals surface area (Å²) in [6, 6.07) is 77.6. The number of aromatic nitrogens is 2. The third-order valence-corrected chi connectivity index (χ3v) is 15.1. The van der Waals surface area contributed by atoms with Crippen molar-refractivity contribution in [3.05, 3.63) is 247 Å². The van der Waals surface area contributed by atoms with Gasteiger partial charge in [-0.3, -0.25) is 0 Å². The van der Waals surface area contributed by atoms with E-state index in [0.29, 0.717) is 22.8 Å². The van der Waals surface area contributed by atoms with Crippen molar-refractivity contribution < 1.29 is 29.9 Å². The molecule has 0 spiro atoms. The van der Waals surface area contributed by atoms with E-state index in [-0.39, 0.29) is 42.9 Å². The van der Waals surface area contributed by atoms with Gasteiger partial charge in [0.15, 0.2) is 0 Å². The van der Waals surface area contributed by atoms with Crippen LogP contribution in [0.2, 0.25) is 0 Å². The standard InChI is InChI=1S/C73H65N4O.Pt/c1-48-37-38-74-69(39-48)77-65-24-15-14-23-61(65)62-36-35-59(46-68(62)77)78-60-42-54(49-19-12-11-13-20-49)41-58(45-60)75-47-76(67-26-17-16-25-66(67)75)70-63(52-29-27-50(28-30-52)51-31-33-55(34-32-51)71(2,3)4)43-57(73(8,9)10)44-64(70)53-21-18-22-56(40-53)72(5,6)7;/h11-44,47H,1-10H3;/q-3;/i1D3;. The molecule has 3 heterocycles. The largest absolute Gasteiger partial charge is 0.509 e. The molecule has 0 aliphatic carbocycles. The summed E-state index contributed by atoms with van der Waals surface area (Å²) < 4.78 is 33.4. The van der Waals surface area contributed by atoms with Gasteiger partial charge >= 0.3 is 0 Å². The third-order valence-electron chi connectivity index (χ3n) is 15.1. The fourth-order valence-corrected chi connectivity index (χ4v) is 10.7. The second kappa shape index (κ2) is 20.7. The molecule has 0 fully saturated rings. The van der Waals surface area contributed by atoms with Gasteiger partial charge in [-0.25, -0.2) is 4.98 Å². The van der Waals surface area contributed by atoms with Crippen LogP contribution in [0.4, 0.5) is 22.7 Å². The van der Waals surface area contributed by atoms with Crippen molar-refractivity contribution in [3.63, 3.8) is 0 Å². The molecule has 1 aliphatic heterocycles. The van der Waals surface area contributed by atoms with Crippen molar-refractivity contribution in [1.82, 2.24) is 9.55 Å². The molecule has 5 nitrogen and oxygen atoms in total. The summed E-state index contributed by atoms with van der Waals surface area (Å²) in [7, 11) is 0. The average molecular weight is 1210 g/mol. The molecule has 0 N–H and O–H groups in total. The third kappa shape index (κ3) is 10.3. The number of benzene rings is 9. The number of anilines is 4. The van der Waals surface area contributed by atoms with Gasteiger partial charge in [0.25, 0.3) is 0 Å². The monoisotopic (exact) mass is 1210 g/mol. The smallest absolute Gasteiger partial charge is 0.135 e. The van der Waals surface area contributed by atoms with Crippen LogP contribution in [-0.2, 0) is 37.3 Å². The molecule has 0 saturated carbocycles. The fraction of sp³-hybridized carbons (Fsp3) is 0.178. The van der Waals surface area contributed by atoms with Crippen molar-refractivity contribution in [3.8, 4) is 61.8 Å². The number of pyridine rings is 1. The quantitative estimate of drug-likeness (QED) is 0.135. The second-order valence-corrected chi connectivity index (χ2v) is 23.7. The molecule has 2 aromatic heterocycles. The van der Waals surface area contributed by atoms with Gasteiger partial charge in [0, 0.05) is 76.6 Å². The zero-order chi connectivity index (χ0) is 56.6. The fourth-order valence-electron chi connectivity index (χ4n) is 10.7. The molecule has 12 rings (SSSR count). The molecule has 0 unspecified atom stereocenters. The van der Waals surface area contributed by atoms with Crippen LogP contribution in [0.1, 0.15) is 88.7 Å². The summed E-state index contributed by atoms with van der Waals surface area (Å²) in [4.78, 5) is 9.28. The van der Waals surface area contributed by atoms with Gasteiger partial charge in [-0.2, -0.15) is 6.07 Å². The average Bonchev–Trinajstić information content (AvgIpc) is 4.18. The van der Waals surface area contributed by atoms with E-state index in [4.69, 9.17) is 8.85 Å². The topological polar surface area (TPSA) is 33.5 Å². The van der Waals surface area contributed by atoms with Crippen LogP contribution >= 0.6 is 0 Å². The minimum Gasteiger partial charge on any atom is -0.509 e. The van der Waals surface area contributed by atoms with E-state index in [9.17, 15) is 0 Å². The van der Waals surface area contributed by atoms with E-state index in [1.807, 2.05) is 47.0 Å². The van der Waals surface area contributed by atoms with Crippen molar-refractivity contribution in [2.24, 2.45) is 0 Å². The predicted octanol–water partition coefficient (Wildman–Crippen LogP) is 19.8. The Hall–Kier alpha value is -7.98. The van der Waals surface area contributed by atoms with Crippen LogP contribution in [0.3, 0.4) is 0 Å². The van der Waals surface area contributed by atoms with E-state index < -0.39 is 6.85 Å². The molecular weight excluding hydrogens is 1140 g/mol. The Morgan fingerprint density at radius 1 is 0.468 bits per heavy atom. The van der Waals surface area contributed by atoms with E-state index in [1.165, 1.54) is 27.8 Å². The first-order chi connectivity index (χ1) is 38.7. The number of hydrogen-bond acceptors (Lipinski definition) is 4. The Morgan fingerprint density at radius 3 is 1.77 bits per heavy atom. The van der Waals surface area contributed by atoms with Crippen LogP contribution in [0.5, 0.6) is 11.5 Å². The molecule has 0 saturated heterocycles. The molecule has 0 atom stereocenters. The van der Waals surface area contributed by atoms with Gasteiger partial charge in [0.2, 0.25) is 0 Å². The van der Waals surface area contributed by atoms with Crippen molar-refractivity contribution >= 4 is 44.6 Å². The minimum absolute atomic E-state index is 0. The Labute approximate surface area is 485 Å². The summed E-state index contributed by atoms with van der Waals surface area (Å²) in [5.74, 6) is 1.45. The second-order valence-electron chi connectivity index (χ2n) is 23.7. The number of nitrogens with zero attached hydrogens (tertiary/aromatic N) is 4. The van der Waals surface area contributed by atoms with E-state index in [0.717, 1.165) is 72.4 Å². The summed E-state index contributed by atoms with van der Waals surface area (Å²) in [5.41, 5.74) is 18.2. The predicted molar refractivity (Wildman–Crippen MR) is 327 cm³/mol. The molecule has 0 radical (unpaired) electrons. The van der Waals surface area contributed by atoms with Gasteiger partial charge in [0.05, 0.1) is 0 Å². The normalized spacial score (nSPS) is 13.5. The zero-order valence-corrected chi connectivity index (χ0v) is 48.5.